The number of rotatable bonds is 4. The number of hydrogen-bond donors (Lipinski definition) is 1. The Morgan fingerprint density at radius 2 is 1.70 bits per heavy atom. The largest absolute Gasteiger partial charge is 0.491 e. The van der Waals surface area contributed by atoms with Gasteiger partial charge in [0.2, 0.25) is 0 Å². The van der Waals surface area contributed by atoms with Gasteiger partial charge in [-0.05, 0) is 49.8 Å². The molecule has 1 aliphatic rings. The van der Waals surface area contributed by atoms with Gasteiger partial charge in [-0.1, -0.05) is 24.3 Å². The zero-order valence-electron chi connectivity index (χ0n) is 14.7. The Morgan fingerprint density at radius 1 is 1.04 bits per heavy atom. The second-order valence-electron chi connectivity index (χ2n) is 6.14. The number of urea groups is 1. The second kappa shape index (κ2) is 7.41. The minimum absolute atomic E-state index is 0.0141. The number of nitrogens with one attached hydrogen (secondary N) is 1. The fourth-order valence-electron chi connectivity index (χ4n) is 2.59. The maximum Gasteiger partial charge on any atom is 0.336 e. The van der Waals surface area contributed by atoms with Crippen molar-refractivity contribution in [3.63, 3.8) is 0 Å². The highest BCUT2D eigenvalue weighted by Crippen LogP contribution is 2.24. The average Bonchev–Trinajstić information content (AvgIpc) is 2.61. The van der Waals surface area contributed by atoms with Gasteiger partial charge in [0.1, 0.15) is 17.1 Å². The Morgan fingerprint density at radius 3 is 2.33 bits per heavy atom. The number of carbonyl (C=O) groups excluding carboxylic acids is 3. The number of carbonyl (C=O) groups is 3. The van der Waals surface area contributed by atoms with Gasteiger partial charge in [-0.15, -0.1) is 0 Å². The van der Waals surface area contributed by atoms with E-state index in [-0.39, 0.29) is 17.4 Å². The average molecular weight is 368 g/mol. The van der Waals surface area contributed by atoms with Crippen molar-refractivity contribution in [1.29, 1.82) is 0 Å². The van der Waals surface area contributed by atoms with E-state index in [4.69, 9.17) is 4.74 Å². The lowest BCUT2D eigenvalue weighted by Gasteiger charge is -2.26. The number of anilines is 1. The standard InChI is InChI=1S/C20H17FN2O4/c1-12(2)27-14-9-7-13(8-10-14)11-15-18(24)22-20(26)23(19(15)25)17-6-4-3-5-16(17)21/h3-12H,1-2H3,(H,22,24,26)/b15-11-. The van der Waals surface area contributed by atoms with Crippen LogP contribution >= 0.6 is 0 Å². The molecule has 2 aromatic carbocycles. The summed E-state index contributed by atoms with van der Waals surface area (Å²) in [5.41, 5.74) is 0.0712. The van der Waals surface area contributed by atoms with Gasteiger partial charge in [0.25, 0.3) is 11.8 Å². The Balaban J connectivity index is 1.93. The SMILES string of the molecule is CC(C)Oc1ccc(/C=C2/C(=O)NC(=O)N(c3ccccc3F)C2=O)cc1. The first-order valence-electron chi connectivity index (χ1n) is 8.29. The maximum absolute atomic E-state index is 14.0. The van der Waals surface area contributed by atoms with E-state index in [2.05, 4.69) is 5.32 Å². The summed E-state index contributed by atoms with van der Waals surface area (Å²) in [6, 6.07) is 11.1. The van der Waals surface area contributed by atoms with Crippen LogP contribution in [0.3, 0.4) is 0 Å². The van der Waals surface area contributed by atoms with Crippen LogP contribution in [0.1, 0.15) is 19.4 Å². The quantitative estimate of drug-likeness (QED) is 0.664. The minimum atomic E-state index is -0.993. The molecule has 4 amide bonds. The second-order valence-corrected chi connectivity index (χ2v) is 6.14. The Hall–Kier alpha value is -3.48. The van der Waals surface area contributed by atoms with E-state index in [1.54, 1.807) is 24.3 Å². The smallest absolute Gasteiger partial charge is 0.336 e. The third-order valence-corrected chi connectivity index (χ3v) is 3.76. The molecule has 0 spiro atoms. The van der Waals surface area contributed by atoms with Crippen LogP contribution in [0.4, 0.5) is 14.9 Å². The van der Waals surface area contributed by atoms with Crippen LogP contribution in [0, 0.1) is 5.82 Å². The lowest BCUT2D eigenvalue weighted by Crippen LogP contribution is -2.54. The molecule has 1 heterocycles. The fraction of sp³-hybridized carbons (Fsp3) is 0.150. The number of imide groups is 2. The highest BCUT2D eigenvalue weighted by Gasteiger charge is 2.37. The first-order chi connectivity index (χ1) is 12.9. The molecular formula is C20H17FN2O4. The summed E-state index contributed by atoms with van der Waals surface area (Å²) >= 11 is 0. The van der Waals surface area contributed by atoms with E-state index in [0.29, 0.717) is 16.2 Å². The third-order valence-electron chi connectivity index (χ3n) is 3.76. The van der Waals surface area contributed by atoms with E-state index in [1.165, 1.54) is 24.3 Å². The predicted molar refractivity (Wildman–Crippen MR) is 97.6 cm³/mol. The number of benzene rings is 2. The monoisotopic (exact) mass is 368 g/mol. The molecule has 138 valence electrons. The molecule has 0 aromatic heterocycles. The number of ether oxygens (including phenoxy) is 1. The summed E-state index contributed by atoms with van der Waals surface area (Å²) in [7, 11) is 0. The molecule has 1 N–H and O–H groups in total. The molecule has 1 saturated heterocycles. The zero-order valence-corrected chi connectivity index (χ0v) is 14.7. The van der Waals surface area contributed by atoms with E-state index in [0.717, 1.165) is 6.07 Å². The third kappa shape index (κ3) is 3.87. The molecule has 0 atom stereocenters. The summed E-state index contributed by atoms with van der Waals surface area (Å²) < 4.78 is 19.6. The van der Waals surface area contributed by atoms with Crippen molar-refractivity contribution in [3.8, 4) is 5.75 Å². The van der Waals surface area contributed by atoms with Crippen molar-refractivity contribution < 1.29 is 23.5 Å². The molecule has 3 rings (SSSR count). The molecule has 1 fully saturated rings. The van der Waals surface area contributed by atoms with E-state index in [1.807, 2.05) is 13.8 Å². The van der Waals surface area contributed by atoms with Gasteiger partial charge in [0.15, 0.2) is 0 Å². The summed E-state index contributed by atoms with van der Waals surface area (Å²) in [6.45, 7) is 3.80. The van der Waals surface area contributed by atoms with Gasteiger partial charge in [-0.25, -0.2) is 14.1 Å². The fourth-order valence-corrected chi connectivity index (χ4v) is 2.59. The molecule has 6 nitrogen and oxygen atoms in total. The van der Waals surface area contributed by atoms with Crippen molar-refractivity contribution in [3.05, 3.63) is 65.5 Å². The van der Waals surface area contributed by atoms with E-state index in [9.17, 15) is 18.8 Å². The van der Waals surface area contributed by atoms with Crippen molar-refractivity contribution in [2.45, 2.75) is 20.0 Å². The van der Waals surface area contributed by atoms with Crippen molar-refractivity contribution in [2.75, 3.05) is 4.90 Å². The number of halogens is 1. The highest BCUT2D eigenvalue weighted by atomic mass is 19.1. The predicted octanol–water partition coefficient (Wildman–Crippen LogP) is 3.28. The normalized spacial score (nSPS) is 16.1. The van der Waals surface area contributed by atoms with Gasteiger partial charge in [0.05, 0.1) is 11.8 Å². The summed E-state index contributed by atoms with van der Waals surface area (Å²) in [6.07, 6.45) is 1.36. The van der Waals surface area contributed by atoms with Gasteiger partial charge >= 0.3 is 6.03 Å². The molecule has 0 bridgehead atoms. The Kier molecular flexibility index (Phi) is 5.03. The van der Waals surface area contributed by atoms with E-state index >= 15 is 0 Å². The van der Waals surface area contributed by atoms with Crippen LogP contribution in [0.2, 0.25) is 0 Å². The molecule has 0 unspecified atom stereocenters. The lowest BCUT2D eigenvalue weighted by atomic mass is 10.1. The molecule has 0 aliphatic carbocycles. The van der Waals surface area contributed by atoms with Crippen molar-refractivity contribution in [1.82, 2.24) is 5.32 Å². The van der Waals surface area contributed by atoms with Crippen LogP contribution in [0.25, 0.3) is 6.08 Å². The maximum atomic E-state index is 14.0. The van der Waals surface area contributed by atoms with E-state index < -0.39 is 23.7 Å². The first-order valence-corrected chi connectivity index (χ1v) is 8.29. The summed E-state index contributed by atoms with van der Waals surface area (Å²) in [4.78, 5) is 37.5. The summed E-state index contributed by atoms with van der Waals surface area (Å²) in [5, 5.41) is 2.06. The number of barbiturate groups is 1. The lowest BCUT2D eigenvalue weighted by molar-refractivity contribution is -0.122. The highest BCUT2D eigenvalue weighted by molar-refractivity contribution is 6.39. The van der Waals surface area contributed by atoms with Crippen LogP contribution in [-0.2, 0) is 9.59 Å². The van der Waals surface area contributed by atoms with Crippen molar-refractivity contribution in [2.24, 2.45) is 0 Å². The molecule has 7 heteroatoms. The van der Waals surface area contributed by atoms with Gasteiger partial charge in [-0.2, -0.15) is 0 Å². The van der Waals surface area contributed by atoms with Gasteiger partial charge in [-0.3, -0.25) is 14.9 Å². The summed E-state index contributed by atoms with van der Waals surface area (Å²) in [5.74, 6) is -1.82. The zero-order chi connectivity index (χ0) is 19.6. The first kappa shape index (κ1) is 18.3. The number of hydrogen-bond acceptors (Lipinski definition) is 4. The van der Waals surface area contributed by atoms with Gasteiger partial charge in [0, 0.05) is 0 Å². The Labute approximate surface area is 155 Å². The number of amides is 4. The Bertz CT molecular complexity index is 935. The number of nitrogens with zero attached hydrogens (tertiary/aromatic N) is 1. The molecular weight excluding hydrogens is 351 g/mol. The molecule has 0 radical (unpaired) electrons. The van der Waals surface area contributed by atoms with Crippen LogP contribution < -0.4 is 15.0 Å². The molecule has 0 saturated carbocycles. The van der Waals surface area contributed by atoms with Gasteiger partial charge < -0.3 is 4.74 Å². The number of para-hydroxylation sites is 1. The topological polar surface area (TPSA) is 75.7 Å². The molecule has 1 aliphatic heterocycles. The van der Waals surface area contributed by atoms with Crippen molar-refractivity contribution >= 4 is 29.6 Å². The minimum Gasteiger partial charge on any atom is -0.491 e. The van der Waals surface area contributed by atoms with Crippen LogP contribution in [0.5, 0.6) is 5.75 Å². The van der Waals surface area contributed by atoms with Crippen LogP contribution in [-0.4, -0.2) is 23.9 Å². The molecule has 27 heavy (non-hydrogen) atoms. The van der Waals surface area contributed by atoms with Crippen LogP contribution in [0.15, 0.2) is 54.1 Å². The molecule has 2 aromatic rings.